The third-order valence-corrected chi connectivity index (χ3v) is 3.41. The van der Waals surface area contributed by atoms with Crippen molar-refractivity contribution in [2.45, 2.75) is 0 Å². The van der Waals surface area contributed by atoms with Crippen LogP contribution >= 0.6 is 11.6 Å². The number of nitrogens with zero attached hydrogens (tertiary/aromatic N) is 1. The summed E-state index contributed by atoms with van der Waals surface area (Å²) >= 11 is 5.88. The van der Waals surface area contributed by atoms with Crippen LogP contribution < -0.4 is 5.32 Å². The summed E-state index contributed by atoms with van der Waals surface area (Å²) < 4.78 is 5.27. The minimum absolute atomic E-state index is 0.641. The molecule has 1 heterocycles. The molecule has 0 spiro atoms. The van der Waals surface area contributed by atoms with Crippen molar-refractivity contribution in [2.75, 3.05) is 11.9 Å². The number of aromatic nitrogens is 1. The Hall–Kier alpha value is -2.52. The third-order valence-electron chi connectivity index (χ3n) is 3.15. The van der Waals surface area contributed by atoms with Gasteiger partial charge >= 0.3 is 0 Å². The summed E-state index contributed by atoms with van der Waals surface area (Å²) in [4.78, 5) is 0. The zero-order valence-corrected chi connectivity index (χ0v) is 12.6. The maximum atomic E-state index is 5.88. The van der Waals surface area contributed by atoms with Crippen LogP contribution in [0.25, 0.3) is 17.3 Å². The molecule has 4 heteroatoms. The van der Waals surface area contributed by atoms with Gasteiger partial charge in [-0.15, -0.1) is 0 Å². The number of nitrogens with one attached hydrogen (secondary N) is 1. The first kappa shape index (κ1) is 14.4. The standard InChI is InChI=1S/C18H15ClN2O/c19-16-10-8-15(9-11-16)17-13-18(22-21-17)20-12-4-7-14-5-2-1-3-6-14/h1-11,13,20H,12H2/b7-4+. The Bertz CT molecular complexity index is 748. The monoisotopic (exact) mass is 310 g/mol. The number of hydrogen-bond acceptors (Lipinski definition) is 3. The minimum Gasteiger partial charge on any atom is -0.351 e. The van der Waals surface area contributed by atoms with Crippen molar-refractivity contribution in [3.63, 3.8) is 0 Å². The van der Waals surface area contributed by atoms with Gasteiger partial charge in [-0.3, -0.25) is 0 Å². The van der Waals surface area contributed by atoms with Crippen LogP contribution in [0.3, 0.4) is 0 Å². The SMILES string of the molecule is Clc1ccc(-c2cc(NC/C=C/c3ccccc3)on2)cc1. The molecule has 0 saturated carbocycles. The van der Waals surface area contributed by atoms with Crippen molar-refractivity contribution < 1.29 is 4.52 Å². The van der Waals surface area contributed by atoms with Crippen LogP contribution in [0.5, 0.6) is 0 Å². The van der Waals surface area contributed by atoms with E-state index in [2.05, 4.69) is 28.7 Å². The number of benzene rings is 2. The Balaban J connectivity index is 1.58. The van der Waals surface area contributed by atoms with E-state index in [0.717, 1.165) is 11.3 Å². The highest BCUT2D eigenvalue weighted by atomic mass is 35.5. The molecule has 0 unspecified atom stereocenters. The second kappa shape index (κ2) is 6.96. The Morgan fingerprint density at radius 2 is 1.82 bits per heavy atom. The van der Waals surface area contributed by atoms with Gasteiger partial charge in [0.25, 0.3) is 0 Å². The first-order valence-electron chi connectivity index (χ1n) is 6.99. The highest BCUT2D eigenvalue weighted by Gasteiger charge is 2.05. The lowest BCUT2D eigenvalue weighted by molar-refractivity contribution is 0.436. The summed E-state index contributed by atoms with van der Waals surface area (Å²) in [6, 6.07) is 19.5. The molecular formula is C18H15ClN2O. The molecule has 1 N–H and O–H groups in total. The smallest absolute Gasteiger partial charge is 0.225 e. The molecule has 3 rings (SSSR count). The van der Waals surface area contributed by atoms with Crippen molar-refractivity contribution in [2.24, 2.45) is 0 Å². The van der Waals surface area contributed by atoms with E-state index in [9.17, 15) is 0 Å². The Morgan fingerprint density at radius 1 is 1.05 bits per heavy atom. The van der Waals surface area contributed by atoms with Gasteiger partial charge in [-0.05, 0) is 17.7 Å². The molecule has 1 aromatic heterocycles. The summed E-state index contributed by atoms with van der Waals surface area (Å²) in [7, 11) is 0. The highest BCUT2D eigenvalue weighted by molar-refractivity contribution is 6.30. The van der Waals surface area contributed by atoms with E-state index < -0.39 is 0 Å². The average Bonchev–Trinajstić information content (AvgIpc) is 3.02. The van der Waals surface area contributed by atoms with Gasteiger partial charge in [-0.1, -0.05) is 71.4 Å². The molecule has 0 bridgehead atoms. The predicted octanol–water partition coefficient (Wildman–Crippen LogP) is 5.12. The Labute approximate surface area is 134 Å². The Morgan fingerprint density at radius 3 is 2.59 bits per heavy atom. The molecule has 0 aliphatic heterocycles. The van der Waals surface area contributed by atoms with Crippen LogP contribution in [0.2, 0.25) is 5.02 Å². The molecule has 2 aromatic carbocycles. The zero-order chi connectivity index (χ0) is 15.2. The predicted molar refractivity (Wildman–Crippen MR) is 90.9 cm³/mol. The van der Waals surface area contributed by atoms with Gasteiger partial charge in [0.15, 0.2) is 0 Å². The fourth-order valence-electron chi connectivity index (χ4n) is 2.03. The zero-order valence-electron chi connectivity index (χ0n) is 11.9. The van der Waals surface area contributed by atoms with Crippen molar-refractivity contribution >= 4 is 23.6 Å². The minimum atomic E-state index is 0.641. The molecule has 0 fully saturated rings. The topological polar surface area (TPSA) is 38.1 Å². The van der Waals surface area contributed by atoms with Gasteiger partial charge in [0.1, 0.15) is 5.69 Å². The number of halogens is 1. The summed E-state index contributed by atoms with van der Waals surface area (Å²) in [5.74, 6) is 0.641. The van der Waals surface area contributed by atoms with Crippen molar-refractivity contribution in [1.82, 2.24) is 5.16 Å². The number of anilines is 1. The largest absolute Gasteiger partial charge is 0.351 e. The molecule has 3 aromatic rings. The molecule has 3 nitrogen and oxygen atoms in total. The van der Waals surface area contributed by atoms with Crippen molar-refractivity contribution in [3.05, 3.63) is 77.3 Å². The van der Waals surface area contributed by atoms with E-state index in [-0.39, 0.29) is 0 Å². The van der Waals surface area contributed by atoms with Crippen molar-refractivity contribution in [1.29, 1.82) is 0 Å². The number of hydrogen-bond donors (Lipinski definition) is 1. The summed E-state index contributed by atoms with van der Waals surface area (Å²) in [6.07, 6.45) is 4.10. The molecule has 110 valence electrons. The quantitative estimate of drug-likeness (QED) is 0.710. The van der Waals surface area contributed by atoms with E-state index >= 15 is 0 Å². The average molecular weight is 311 g/mol. The van der Waals surface area contributed by atoms with Crippen LogP contribution in [-0.2, 0) is 0 Å². The van der Waals surface area contributed by atoms with Crippen LogP contribution in [0.4, 0.5) is 5.88 Å². The van der Waals surface area contributed by atoms with Gasteiger partial charge in [0.2, 0.25) is 5.88 Å². The summed E-state index contributed by atoms with van der Waals surface area (Å²) in [5.41, 5.74) is 2.93. The highest BCUT2D eigenvalue weighted by Crippen LogP contribution is 2.23. The van der Waals surface area contributed by atoms with Gasteiger partial charge in [-0.2, -0.15) is 0 Å². The third kappa shape index (κ3) is 3.77. The second-order valence-corrected chi connectivity index (χ2v) is 5.21. The lowest BCUT2D eigenvalue weighted by Crippen LogP contribution is -1.95. The number of rotatable bonds is 5. The van der Waals surface area contributed by atoms with E-state index in [1.807, 2.05) is 54.6 Å². The molecule has 0 aliphatic rings. The first-order valence-corrected chi connectivity index (χ1v) is 7.37. The summed E-state index contributed by atoms with van der Waals surface area (Å²) in [5, 5.41) is 7.93. The summed E-state index contributed by atoms with van der Waals surface area (Å²) in [6.45, 7) is 0.671. The van der Waals surface area contributed by atoms with Crippen LogP contribution in [-0.4, -0.2) is 11.7 Å². The fourth-order valence-corrected chi connectivity index (χ4v) is 2.16. The lowest BCUT2D eigenvalue weighted by Gasteiger charge is -1.96. The molecule has 0 atom stereocenters. The van der Waals surface area contributed by atoms with Crippen LogP contribution in [0.1, 0.15) is 5.56 Å². The lowest BCUT2D eigenvalue weighted by atomic mass is 10.1. The molecular weight excluding hydrogens is 296 g/mol. The maximum Gasteiger partial charge on any atom is 0.225 e. The Kier molecular flexibility index (Phi) is 4.56. The molecule has 0 radical (unpaired) electrons. The van der Waals surface area contributed by atoms with Crippen molar-refractivity contribution in [3.8, 4) is 11.3 Å². The molecule has 0 aliphatic carbocycles. The van der Waals surface area contributed by atoms with E-state index in [4.69, 9.17) is 16.1 Å². The maximum absolute atomic E-state index is 5.88. The van der Waals surface area contributed by atoms with Gasteiger partial charge in [0, 0.05) is 23.2 Å². The van der Waals surface area contributed by atoms with E-state index in [1.165, 1.54) is 5.56 Å². The van der Waals surface area contributed by atoms with E-state index in [0.29, 0.717) is 17.5 Å². The fraction of sp³-hybridized carbons (Fsp3) is 0.0556. The molecule has 0 saturated heterocycles. The molecule has 22 heavy (non-hydrogen) atoms. The van der Waals surface area contributed by atoms with E-state index in [1.54, 1.807) is 0 Å². The van der Waals surface area contributed by atoms with Crippen LogP contribution in [0.15, 0.2) is 71.3 Å². The molecule has 0 amide bonds. The van der Waals surface area contributed by atoms with Gasteiger partial charge < -0.3 is 9.84 Å². The second-order valence-electron chi connectivity index (χ2n) is 4.78. The normalized spacial score (nSPS) is 11.0. The van der Waals surface area contributed by atoms with Crippen LogP contribution in [0, 0.1) is 0 Å². The van der Waals surface area contributed by atoms with Gasteiger partial charge in [0.05, 0.1) is 0 Å². The van der Waals surface area contributed by atoms with Gasteiger partial charge in [-0.25, -0.2) is 0 Å². The first-order chi connectivity index (χ1) is 10.8.